The molecule has 0 radical (unpaired) electrons. The first-order valence-corrected chi connectivity index (χ1v) is 9.64. The van der Waals surface area contributed by atoms with E-state index in [-0.39, 0.29) is 28.0 Å². The first-order chi connectivity index (χ1) is 15.6. The van der Waals surface area contributed by atoms with Crippen molar-refractivity contribution in [3.05, 3.63) is 40.6 Å². The molecule has 8 N–H and O–H groups in total. The second-order valence-corrected chi connectivity index (χ2v) is 7.44. The van der Waals surface area contributed by atoms with Crippen molar-refractivity contribution in [1.82, 2.24) is 0 Å². The SMILES string of the molecule is O=c1cc(-c2ccc(O)c(O)c2)oc2cc(O[C@@H]3O[C@H](CO)[C@H](O)[C@H](O)[C@H]3O)c(O)c(O)c12. The van der Waals surface area contributed by atoms with Gasteiger partial charge in [-0.3, -0.25) is 4.79 Å². The van der Waals surface area contributed by atoms with Gasteiger partial charge in [0.05, 0.1) is 6.61 Å². The van der Waals surface area contributed by atoms with Crippen LogP contribution >= 0.6 is 0 Å². The molecule has 1 saturated heterocycles. The van der Waals surface area contributed by atoms with Gasteiger partial charge in [-0.15, -0.1) is 0 Å². The Morgan fingerprint density at radius 2 is 1.61 bits per heavy atom. The fourth-order valence-corrected chi connectivity index (χ4v) is 3.47. The van der Waals surface area contributed by atoms with Crippen LogP contribution in [0.1, 0.15) is 0 Å². The number of aliphatic hydroxyl groups excluding tert-OH is 4. The van der Waals surface area contributed by atoms with Crippen molar-refractivity contribution < 1.29 is 54.7 Å². The van der Waals surface area contributed by atoms with Gasteiger partial charge in [-0.25, -0.2) is 0 Å². The second-order valence-electron chi connectivity index (χ2n) is 7.44. The summed E-state index contributed by atoms with van der Waals surface area (Å²) in [7, 11) is 0. The van der Waals surface area contributed by atoms with E-state index in [1.165, 1.54) is 12.1 Å². The highest BCUT2D eigenvalue weighted by Crippen LogP contribution is 2.43. The van der Waals surface area contributed by atoms with E-state index in [1.807, 2.05) is 0 Å². The summed E-state index contributed by atoms with van der Waals surface area (Å²) in [6, 6.07) is 5.72. The van der Waals surface area contributed by atoms with Crippen molar-refractivity contribution in [1.29, 1.82) is 0 Å². The van der Waals surface area contributed by atoms with E-state index in [4.69, 9.17) is 13.9 Å². The van der Waals surface area contributed by atoms with Crippen molar-refractivity contribution >= 4 is 11.0 Å². The summed E-state index contributed by atoms with van der Waals surface area (Å²) in [5.41, 5.74) is -0.778. The lowest BCUT2D eigenvalue weighted by Gasteiger charge is -2.39. The Morgan fingerprint density at radius 3 is 2.27 bits per heavy atom. The van der Waals surface area contributed by atoms with Crippen LogP contribution in [0.3, 0.4) is 0 Å². The number of aromatic hydroxyl groups is 4. The lowest BCUT2D eigenvalue weighted by atomic mass is 9.99. The standard InChI is InChI=1S/C21H20O12/c22-6-14-17(27)19(29)20(30)21(33-14)32-13-5-12-15(18(28)16(13)26)10(25)4-11(31-12)7-1-2-8(23)9(24)3-7/h1-5,14,17,19-24,26-30H,6H2/t14-,17+,19+,20-,21-/m1/s1. The number of aliphatic hydroxyl groups is 4. The average Bonchev–Trinajstić information content (AvgIpc) is 2.78. The number of phenols is 4. The maximum Gasteiger partial charge on any atom is 0.229 e. The minimum atomic E-state index is -1.79. The number of ether oxygens (including phenoxy) is 2. The Hall–Kier alpha value is -3.55. The van der Waals surface area contributed by atoms with Crippen LogP contribution in [0.15, 0.2) is 39.5 Å². The number of hydrogen-bond donors (Lipinski definition) is 8. The highest BCUT2D eigenvalue weighted by molar-refractivity contribution is 5.89. The van der Waals surface area contributed by atoms with Crippen LogP contribution in [-0.2, 0) is 4.74 Å². The third-order valence-corrected chi connectivity index (χ3v) is 5.28. The average molecular weight is 464 g/mol. The molecule has 0 unspecified atom stereocenters. The van der Waals surface area contributed by atoms with Gasteiger partial charge in [-0.05, 0) is 18.2 Å². The van der Waals surface area contributed by atoms with Crippen molar-refractivity contribution in [2.45, 2.75) is 30.7 Å². The van der Waals surface area contributed by atoms with E-state index in [0.717, 1.165) is 18.2 Å². The minimum Gasteiger partial charge on any atom is -0.504 e. The van der Waals surface area contributed by atoms with E-state index >= 15 is 0 Å². The van der Waals surface area contributed by atoms with Gasteiger partial charge in [0.25, 0.3) is 0 Å². The Labute approximate surface area is 184 Å². The van der Waals surface area contributed by atoms with E-state index < -0.39 is 65.7 Å². The Bertz CT molecular complexity index is 1250. The molecular formula is C21H20O12. The molecule has 33 heavy (non-hydrogen) atoms. The molecule has 1 aliphatic heterocycles. The van der Waals surface area contributed by atoms with Crippen LogP contribution < -0.4 is 10.2 Å². The smallest absolute Gasteiger partial charge is 0.229 e. The zero-order valence-corrected chi connectivity index (χ0v) is 16.7. The maximum absolute atomic E-state index is 12.6. The summed E-state index contributed by atoms with van der Waals surface area (Å²) < 4.78 is 16.2. The largest absolute Gasteiger partial charge is 0.504 e. The molecule has 0 amide bonds. The van der Waals surface area contributed by atoms with Gasteiger partial charge < -0.3 is 54.7 Å². The molecule has 3 aromatic rings. The summed E-state index contributed by atoms with van der Waals surface area (Å²) in [6.45, 7) is -0.711. The van der Waals surface area contributed by atoms with Crippen molar-refractivity contribution in [2.75, 3.05) is 6.61 Å². The van der Waals surface area contributed by atoms with E-state index in [1.54, 1.807) is 0 Å². The molecule has 4 rings (SSSR count). The third-order valence-electron chi connectivity index (χ3n) is 5.28. The number of fused-ring (bicyclic) bond motifs is 1. The predicted molar refractivity (Wildman–Crippen MR) is 109 cm³/mol. The molecule has 2 aromatic carbocycles. The number of rotatable bonds is 4. The Balaban J connectivity index is 1.77. The minimum absolute atomic E-state index is 0.0494. The van der Waals surface area contributed by atoms with Crippen molar-refractivity contribution in [3.8, 4) is 40.1 Å². The molecule has 0 aliphatic carbocycles. The molecule has 0 bridgehead atoms. The molecule has 12 heteroatoms. The molecule has 1 fully saturated rings. The predicted octanol–water partition coefficient (Wildman–Crippen LogP) is -0.539. The Kier molecular flexibility index (Phi) is 5.78. The van der Waals surface area contributed by atoms with Gasteiger partial charge >= 0.3 is 0 Å². The van der Waals surface area contributed by atoms with Gasteiger partial charge in [-0.2, -0.15) is 0 Å². The van der Waals surface area contributed by atoms with Crippen LogP contribution in [0.25, 0.3) is 22.3 Å². The monoisotopic (exact) mass is 464 g/mol. The molecule has 0 saturated carbocycles. The van der Waals surface area contributed by atoms with Gasteiger partial charge in [0.2, 0.25) is 12.0 Å². The number of hydrogen-bond acceptors (Lipinski definition) is 12. The molecule has 5 atom stereocenters. The molecule has 12 nitrogen and oxygen atoms in total. The maximum atomic E-state index is 12.6. The first-order valence-electron chi connectivity index (χ1n) is 9.64. The molecule has 1 aromatic heterocycles. The van der Waals surface area contributed by atoms with Gasteiger partial charge in [-0.1, -0.05) is 0 Å². The molecule has 2 heterocycles. The number of phenolic OH excluding ortho intramolecular Hbond substituents is 4. The van der Waals surface area contributed by atoms with E-state index in [2.05, 4.69) is 0 Å². The van der Waals surface area contributed by atoms with Crippen molar-refractivity contribution in [2.24, 2.45) is 0 Å². The second kappa shape index (κ2) is 8.42. The molecule has 176 valence electrons. The molecule has 1 aliphatic rings. The normalized spacial score (nSPS) is 25.3. The van der Waals surface area contributed by atoms with E-state index in [9.17, 15) is 45.6 Å². The zero-order valence-electron chi connectivity index (χ0n) is 16.7. The number of benzene rings is 2. The highest BCUT2D eigenvalue weighted by Gasteiger charge is 2.45. The summed E-state index contributed by atoms with van der Waals surface area (Å²) in [5, 5.41) is 78.6. The first kappa shape index (κ1) is 22.6. The fraction of sp³-hybridized carbons (Fsp3) is 0.286. The summed E-state index contributed by atoms with van der Waals surface area (Å²) in [4.78, 5) is 12.6. The topological polar surface area (TPSA) is 211 Å². The lowest BCUT2D eigenvalue weighted by Crippen LogP contribution is -2.60. The van der Waals surface area contributed by atoms with Crippen LogP contribution in [0.5, 0.6) is 28.7 Å². The van der Waals surface area contributed by atoms with Crippen LogP contribution in [-0.4, -0.2) is 78.2 Å². The van der Waals surface area contributed by atoms with Gasteiger partial charge in [0.1, 0.15) is 41.1 Å². The summed E-state index contributed by atoms with van der Waals surface area (Å²) >= 11 is 0. The molecule has 0 spiro atoms. The fourth-order valence-electron chi connectivity index (χ4n) is 3.47. The summed E-state index contributed by atoms with van der Waals surface area (Å²) in [5.74, 6) is -3.18. The van der Waals surface area contributed by atoms with Crippen LogP contribution in [0.4, 0.5) is 0 Å². The van der Waals surface area contributed by atoms with Gasteiger partial charge in [0.15, 0.2) is 28.4 Å². The van der Waals surface area contributed by atoms with Crippen molar-refractivity contribution in [3.63, 3.8) is 0 Å². The Morgan fingerprint density at radius 1 is 0.879 bits per heavy atom. The van der Waals surface area contributed by atoms with Crippen LogP contribution in [0.2, 0.25) is 0 Å². The summed E-state index contributed by atoms with van der Waals surface area (Å²) in [6.07, 6.45) is -8.13. The van der Waals surface area contributed by atoms with Crippen LogP contribution in [0, 0.1) is 0 Å². The quantitative estimate of drug-likeness (QED) is 0.229. The zero-order chi connectivity index (χ0) is 24.0. The highest BCUT2D eigenvalue weighted by atomic mass is 16.7. The van der Waals surface area contributed by atoms with Gasteiger partial charge in [0, 0.05) is 17.7 Å². The van der Waals surface area contributed by atoms with E-state index in [0.29, 0.717) is 0 Å². The third kappa shape index (κ3) is 3.90. The lowest BCUT2D eigenvalue weighted by molar-refractivity contribution is -0.277. The molecular weight excluding hydrogens is 444 g/mol.